The van der Waals surface area contributed by atoms with E-state index < -0.39 is 0 Å². The van der Waals surface area contributed by atoms with Gasteiger partial charge in [-0.3, -0.25) is 9.89 Å². The van der Waals surface area contributed by atoms with Gasteiger partial charge in [-0.15, -0.1) is 0 Å². The smallest absolute Gasteiger partial charge is 0.275 e. The first-order valence-corrected chi connectivity index (χ1v) is 10.8. The number of H-pyrrole nitrogens is 2. The van der Waals surface area contributed by atoms with Crippen molar-refractivity contribution in [2.24, 2.45) is 0 Å². The molecular weight excluding hydrogens is 420 g/mol. The summed E-state index contributed by atoms with van der Waals surface area (Å²) in [5.74, 6) is 2.11. The average molecular weight is 447 g/mol. The summed E-state index contributed by atoms with van der Waals surface area (Å²) in [5.41, 5.74) is 5.24. The summed E-state index contributed by atoms with van der Waals surface area (Å²) in [4.78, 5) is 18.6. The standard InChI is InChI=1S/C25H26N4O4/c1-14-22-23(28-27-14)25(30)29(24(22)19-12-17(32-3)6-8-21(19)33-4)10-9-15-13-26-20-7-5-16(31-2)11-18(15)20/h5-8,11-13,24,26H,9-10H2,1-4H3,(H,27,28). The van der Waals surface area contributed by atoms with Crippen LogP contribution < -0.4 is 14.2 Å². The van der Waals surface area contributed by atoms with Crippen molar-refractivity contribution < 1.29 is 19.0 Å². The molecule has 8 heteroatoms. The first-order valence-electron chi connectivity index (χ1n) is 10.8. The van der Waals surface area contributed by atoms with Crippen molar-refractivity contribution in [1.82, 2.24) is 20.1 Å². The second-order valence-corrected chi connectivity index (χ2v) is 8.10. The van der Waals surface area contributed by atoms with Crippen LogP contribution in [-0.4, -0.2) is 53.9 Å². The Balaban J connectivity index is 1.54. The molecule has 0 spiro atoms. The summed E-state index contributed by atoms with van der Waals surface area (Å²) < 4.78 is 16.5. The number of aromatic nitrogens is 3. The molecule has 0 aliphatic carbocycles. The Labute approximate surface area is 191 Å². The molecule has 1 unspecified atom stereocenters. The molecule has 0 bridgehead atoms. The molecule has 2 N–H and O–H groups in total. The zero-order chi connectivity index (χ0) is 23.1. The van der Waals surface area contributed by atoms with Crippen molar-refractivity contribution in [2.75, 3.05) is 27.9 Å². The molecule has 4 aromatic rings. The van der Waals surface area contributed by atoms with Crippen molar-refractivity contribution in [3.8, 4) is 17.2 Å². The Hall–Kier alpha value is -3.94. The number of carbonyl (C=O) groups is 1. The fourth-order valence-electron chi connectivity index (χ4n) is 4.68. The summed E-state index contributed by atoms with van der Waals surface area (Å²) in [6.45, 7) is 2.46. The van der Waals surface area contributed by atoms with Gasteiger partial charge in [0.2, 0.25) is 0 Å². The molecule has 1 aliphatic rings. The molecule has 1 atom stereocenters. The van der Waals surface area contributed by atoms with Crippen LogP contribution >= 0.6 is 0 Å². The van der Waals surface area contributed by atoms with E-state index in [1.165, 1.54) is 0 Å². The van der Waals surface area contributed by atoms with Crippen molar-refractivity contribution in [2.45, 2.75) is 19.4 Å². The molecule has 1 amide bonds. The second-order valence-electron chi connectivity index (χ2n) is 8.10. The highest BCUT2D eigenvalue weighted by Gasteiger charge is 2.42. The lowest BCUT2D eigenvalue weighted by molar-refractivity contribution is 0.0744. The summed E-state index contributed by atoms with van der Waals surface area (Å²) in [7, 11) is 4.92. The minimum Gasteiger partial charge on any atom is -0.497 e. The van der Waals surface area contributed by atoms with Gasteiger partial charge in [0.25, 0.3) is 5.91 Å². The molecule has 170 valence electrons. The van der Waals surface area contributed by atoms with Gasteiger partial charge >= 0.3 is 0 Å². The van der Waals surface area contributed by atoms with Gasteiger partial charge in [-0.25, -0.2) is 0 Å². The van der Waals surface area contributed by atoms with E-state index in [-0.39, 0.29) is 11.9 Å². The average Bonchev–Trinajstić information content (AvgIpc) is 3.51. The van der Waals surface area contributed by atoms with E-state index in [2.05, 4.69) is 15.2 Å². The highest BCUT2D eigenvalue weighted by Crippen LogP contribution is 2.44. The van der Waals surface area contributed by atoms with Gasteiger partial charge in [0.1, 0.15) is 17.2 Å². The lowest BCUT2D eigenvalue weighted by Crippen LogP contribution is -2.31. The van der Waals surface area contributed by atoms with Crippen molar-refractivity contribution in [3.05, 3.63) is 70.7 Å². The maximum Gasteiger partial charge on any atom is 0.275 e. The number of aromatic amines is 2. The molecule has 33 heavy (non-hydrogen) atoms. The summed E-state index contributed by atoms with van der Waals surface area (Å²) >= 11 is 0. The van der Waals surface area contributed by atoms with E-state index in [1.54, 1.807) is 21.3 Å². The zero-order valence-electron chi connectivity index (χ0n) is 19.1. The van der Waals surface area contributed by atoms with Crippen LogP contribution in [0.5, 0.6) is 17.2 Å². The molecule has 2 aromatic carbocycles. The van der Waals surface area contributed by atoms with E-state index in [0.29, 0.717) is 30.2 Å². The highest BCUT2D eigenvalue weighted by molar-refractivity contribution is 5.98. The third-order valence-corrected chi connectivity index (χ3v) is 6.37. The number of benzene rings is 2. The maximum atomic E-state index is 13.4. The lowest BCUT2D eigenvalue weighted by atomic mass is 9.97. The van der Waals surface area contributed by atoms with Crippen molar-refractivity contribution >= 4 is 16.8 Å². The highest BCUT2D eigenvalue weighted by atomic mass is 16.5. The van der Waals surface area contributed by atoms with Crippen molar-refractivity contribution in [1.29, 1.82) is 0 Å². The molecule has 2 aromatic heterocycles. The van der Waals surface area contributed by atoms with Gasteiger partial charge in [-0.2, -0.15) is 5.10 Å². The number of rotatable bonds is 7. The minimum absolute atomic E-state index is 0.0957. The van der Waals surface area contributed by atoms with E-state index in [1.807, 2.05) is 54.4 Å². The van der Waals surface area contributed by atoms with Gasteiger partial charge in [0, 0.05) is 40.5 Å². The van der Waals surface area contributed by atoms with Crippen LogP contribution in [0.2, 0.25) is 0 Å². The SMILES string of the molecule is COc1ccc(OC)c(C2c3c(n[nH]c3C)C(=O)N2CCc2c[nH]c3ccc(OC)cc23)c1. The summed E-state index contributed by atoms with van der Waals surface area (Å²) in [6.07, 6.45) is 2.67. The molecule has 1 aliphatic heterocycles. The maximum absolute atomic E-state index is 13.4. The zero-order valence-corrected chi connectivity index (χ0v) is 19.1. The Morgan fingerprint density at radius 1 is 1.03 bits per heavy atom. The Kier molecular flexibility index (Phi) is 5.20. The molecule has 0 radical (unpaired) electrons. The molecule has 0 saturated carbocycles. The van der Waals surface area contributed by atoms with Crippen LogP contribution in [0.1, 0.15) is 38.9 Å². The van der Waals surface area contributed by atoms with Gasteiger partial charge in [0.15, 0.2) is 5.69 Å². The number of nitrogens with zero attached hydrogens (tertiary/aromatic N) is 2. The van der Waals surface area contributed by atoms with E-state index in [4.69, 9.17) is 14.2 Å². The Morgan fingerprint density at radius 2 is 1.79 bits per heavy atom. The van der Waals surface area contributed by atoms with Crippen LogP contribution in [0.3, 0.4) is 0 Å². The molecule has 0 saturated heterocycles. The Bertz CT molecular complexity index is 1340. The predicted molar refractivity (Wildman–Crippen MR) is 124 cm³/mol. The molecular formula is C25H26N4O4. The number of carbonyl (C=O) groups excluding carboxylic acids is 1. The largest absolute Gasteiger partial charge is 0.497 e. The van der Waals surface area contributed by atoms with E-state index >= 15 is 0 Å². The topological polar surface area (TPSA) is 92.5 Å². The number of methoxy groups -OCH3 is 3. The number of nitrogens with one attached hydrogen (secondary N) is 2. The van der Waals surface area contributed by atoms with Gasteiger partial charge in [-0.1, -0.05) is 0 Å². The quantitative estimate of drug-likeness (QED) is 0.447. The van der Waals surface area contributed by atoms with Crippen LogP contribution in [-0.2, 0) is 6.42 Å². The normalized spacial score (nSPS) is 15.2. The predicted octanol–water partition coefficient (Wildman–Crippen LogP) is 4.01. The van der Waals surface area contributed by atoms with E-state index in [0.717, 1.165) is 39.0 Å². The van der Waals surface area contributed by atoms with Crippen molar-refractivity contribution in [3.63, 3.8) is 0 Å². The molecule has 0 fully saturated rings. The first-order chi connectivity index (χ1) is 16.0. The van der Waals surface area contributed by atoms with Crippen LogP contribution in [0.4, 0.5) is 0 Å². The molecule has 3 heterocycles. The summed E-state index contributed by atoms with van der Waals surface area (Å²) in [5, 5.41) is 8.37. The lowest BCUT2D eigenvalue weighted by Gasteiger charge is -2.27. The number of hydrogen-bond acceptors (Lipinski definition) is 5. The van der Waals surface area contributed by atoms with Gasteiger partial charge in [-0.05, 0) is 55.3 Å². The van der Waals surface area contributed by atoms with Crippen LogP contribution in [0, 0.1) is 6.92 Å². The summed E-state index contributed by atoms with van der Waals surface area (Å²) in [6, 6.07) is 11.3. The molecule has 8 nitrogen and oxygen atoms in total. The number of amides is 1. The fourth-order valence-corrected chi connectivity index (χ4v) is 4.68. The Morgan fingerprint density at radius 3 is 2.55 bits per heavy atom. The second kappa shape index (κ2) is 8.20. The number of aryl methyl sites for hydroxylation is 1. The monoisotopic (exact) mass is 446 g/mol. The number of hydrogen-bond donors (Lipinski definition) is 2. The number of fused-ring (bicyclic) bond motifs is 2. The minimum atomic E-state index is -0.323. The first kappa shape index (κ1) is 20.9. The molecule has 5 rings (SSSR count). The fraction of sp³-hybridized carbons (Fsp3) is 0.280. The van der Waals surface area contributed by atoms with Crippen LogP contribution in [0.15, 0.2) is 42.6 Å². The van der Waals surface area contributed by atoms with Gasteiger partial charge < -0.3 is 24.1 Å². The van der Waals surface area contributed by atoms with Crippen LogP contribution in [0.25, 0.3) is 10.9 Å². The van der Waals surface area contributed by atoms with Gasteiger partial charge in [0.05, 0.1) is 27.4 Å². The third kappa shape index (κ3) is 3.38. The third-order valence-electron chi connectivity index (χ3n) is 6.37. The number of ether oxygens (including phenoxy) is 3. The van der Waals surface area contributed by atoms with E-state index in [9.17, 15) is 4.79 Å².